The summed E-state index contributed by atoms with van der Waals surface area (Å²) in [5.74, 6) is 0.687. The second-order valence-corrected chi connectivity index (χ2v) is 5.80. The highest BCUT2D eigenvalue weighted by atomic mass is 16.5. The zero-order valence-corrected chi connectivity index (χ0v) is 14.8. The number of hydrazone groups is 1. The summed E-state index contributed by atoms with van der Waals surface area (Å²) in [6.45, 7) is 6.29. The molecular weight excluding hydrogens is 300 g/mol. The van der Waals surface area contributed by atoms with E-state index < -0.39 is 0 Å². The monoisotopic (exact) mass is 330 g/mol. The van der Waals surface area contributed by atoms with Gasteiger partial charge in [0.2, 0.25) is 5.91 Å². The Morgan fingerprint density at radius 2 is 1.88 bits per heavy atom. The van der Waals surface area contributed by atoms with Gasteiger partial charge in [-0.25, -0.2) is 5.43 Å². The van der Waals surface area contributed by atoms with E-state index >= 15 is 0 Å². The van der Waals surface area contributed by atoms with Crippen molar-refractivity contribution in [2.45, 2.75) is 58.3 Å². The summed E-state index contributed by atoms with van der Waals surface area (Å²) in [4.78, 5) is 11.8. The third kappa shape index (κ3) is 9.13. The predicted molar refractivity (Wildman–Crippen MR) is 100 cm³/mol. The molecule has 0 radical (unpaired) electrons. The minimum atomic E-state index is -0.0377. The first-order valence-electron chi connectivity index (χ1n) is 8.92. The van der Waals surface area contributed by atoms with Gasteiger partial charge in [0.05, 0.1) is 6.21 Å². The fourth-order valence-electron chi connectivity index (χ4n) is 2.34. The van der Waals surface area contributed by atoms with Gasteiger partial charge in [-0.15, -0.1) is 0 Å². The Balaban J connectivity index is 2.24. The number of amides is 1. The van der Waals surface area contributed by atoms with Crippen molar-refractivity contribution in [1.82, 2.24) is 5.43 Å². The van der Waals surface area contributed by atoms with Crippen LogP contribution >= 0.6 is 0 Å². The van der Waals surface area contributed by atoms with Crippen LogP contribution in [0.15, 0.2) is 42.0 Å². The number of hydrogen-bond acceptors (Lipinski definition) is 3. The molecule has 132 valence electrons. The maximum Gasteiger partial charge on any atom is 0.240 e. The average molecular weight is 330 g/mol. The summed E-state index contributed by atoms with van der Waals surface area (Å²) < 4.78 is 5.54. The van der Waals surface area contributed by atoms with Crippen LogP contribution in [0.25, 0.3) is 0 Å². The second-order valence-electron chi connectivity index (χ2n) is 5.80. The third-order valence-corrected chi connectivity index (χ3v) is 3.68. The van der Waals surface area contributed by atoms with Gasteiger partial charge in [0.1, 0.15) is 12.4 Å². The maximum absolute atomic E-state index is 11.8. The Morgan fingerprint density at radius 1 is 1.17 bits per heavy atom. The van der Waals surface area contributed by atoms with Gasteiger partial charge in [-0.2, -0.15) is 5.10 Å². The van der Waals surface area contributed by atoms with Gasteiger partial charge in [0, 0.05) is 12.0 Å². The van der Waals surface area contributed by atoms with E-state index in [1.807, 2.05) is 24.3 Å². The molecule has 0 fully saturated rings. The van der Waals surface area contributed by atoms with E-state index in [1.54, 1.807) is 12.3 Å². The van der Waals surface area contributed by atoms with E-state index in [4.69, 9.17) is 4.74 Å². The van der Waals surface area contributed by atoms with Gasteiger partial charge >= 0.3 is 0 Å². The summed E-state index contributed by atoms with van der Waals surface area (Å²) in [5.41, 5.74) is 3.41. The Labute approximate surface area is 146 Å². The molecule has 24 heavy (non-hydrogen) atoms. The number of carbonyl (C=O) groups excluding carboxylic acids is 1. The highest BCUT2D eigenvalue weighted by Gasteiger charge is 2.01. The summed E-state index contributed by atoms with van der Waals surface area (Å²) >= 11 is 0. The van der Waals surface area contributed by atoms with Crippen molar-refractivity contribution in [3.05, 3.63) is 42.5 Å². The number of carbonyl (C=O) groups is 1. The zero-order chi connectivity index (χ0) is 17.5. The van der Waals surface area contributed by atoms with Crippen LogP contribution in [0.2, 0.25) is 0 Å². The van der Waals surface area contributed by atoms with E-state index in [0.29, 0.717) is 13.0 Å². The average Bonchev–Trinajstić information content (AvgIpc) is 2.60. The van der Waals surface area contributed by atoms with Crippen LogP contribution in [0.5, 0.6) is 5.75 Å². The molecule has 0 aliphatic heterocycles. The van der Waals surface area contributed by atoms with Gasteiger partial charge in [0.15, 0.2) is 0 Å². The molecule has 0 aliphatic carbocycles. The van der Waals surface area contributed by atoms with Gasteiger partial charge in [0.25, 0.3) is 0 Å². The minimum absolute atomic E-state index is 0.0377. The van der Waals surface area contributed by atoms with Crippen molar-refractivity contribution in [3.8, 4) is 5.75 Å². The number of para-hydroxylation sites is 1. The Bertz CT molecular complexity index is 512. The number of rotatable bonds is 13. The topological polar surface area (TPSA) is 50.7 Å². The molecule has 0 aromatic heterocycles. The predicted octanol–water partition coefficient (Wildman–Crippen LogP) is 4.84. The number of nitrogens with one attached hydrogen (secondary N) is 1. The van der Waals surface area contributed by atoms with Crippen molar-refractivity contribution >= 4 is 12.1 Å². The van der Waals surface area contributed by atoms with Crippen LogP contribution < -0.4 is 10.2 Å². The molecule has 1 aromatic rings. The van der Waals surface area contributed by atoms with E-state index in [2.05, 4.69) is 24.0 Å². The number of benzene rings is 1. The van der Waals surface area contributed by atoms with Crippen LogP contribution in [0.4, 0.5) is 0 Å². The Kier molecular flexibility index (Phi) is 11.1. The number of unbranched alkanes of at least 4 members (excludes halogenated alkanes) is 6. The SMILES string of the molecule is C=CCOc1ccccc1/C=N\NC(=O)CCCCCCCCC. The Morgan fingerprint density at radius 3 is 2.62 bits per heavy atom. The fraction of sp³-hybridized carbons (Fsp3) is 0.500. The standard InChI is InChI=1S/C20H30N2O2/c1-3-5-6-7-8-9-10-15-20(23)22-21-17-18-13-11-12-14-19(18)24-16-4-2/h4,11-14,17H,2-3,5-10,15-16H2,1H3,(H,22,23)/b21-17-. The normalized spacial score (nSPS) is 10.7. The lowest BCUT2D eigenvalue weighted by Gasteiger charge is -2.06. The molecule has 0 bridgehead atoms. The van der Waals surface area contributed by atoms with Crippen LogP contribution in [0, 0.1) is 0 Å². The van der Waals surface area contributed by atoms with E-state index in [9.17, 15) is 4.79 Å². The molecular formula is C20H30N2O2. The van der Waals surface area contributed by atoms with Gasteiger partial charge in [-0.05, 0) is 18.6 Å². The molecule has 0 atom stereocenters. The van der Waals surface area contributed by atoms with Gasteiger partial charge in [-0.1, -0.05) is 70.2 Å². The molecule has 1 aromatic carbocycles. The lowest BCUT2D eigenvalue weighted by Crippen LogP contribution is -2.17. The van der Waals surface area contributed by atoms with Crippen molar-refractivity contribution in [2.75, 3.05) is 6.61 Å². The molecule has 0 heterocycles. The van der Waals surface area contributed by atoms with Gasteiger partial charge < -0.3 is 4.74 Å². The molecule has 0 saturated heterocycles. The van der Waals surface area contributed by atoms with E-state index in [0.717, 1.165) is 24.2 Å². The number of ether oxygens (including phenoxy) is 1. The van der Waals surface area contributed by atoms with Crippen LogP contribution in [-0.2, 0) is 4.79 Å². The first-order chi connectivity index (χ1) is 11.8. The van der Waals surface area contributed by atoms with Crippen LogP contribution in [-0.4, -0.2) is 18.7 Å². The minimum Gasteiger partial charge on any atom is -0.489 e. The molecule has 0 unspecified atom stereocenters. The molecule has 4 heteroatoms. The van der Waals surface area contributed by atoms with E-state index in [1.165, 1.54) is 32.1 Å². The first-order valence-corrected chi connectivity index (χ1v) is 8.92. The molecule has 1 rings (SSSR count). The van der Waals surface area contributed by atoms with E-state index in [-0.39, 0.29) is 5.91 Å². The first kappa shape index (κ1) is 19.9. The molecule has 0 spiro atoms. The quantitative estimate of drug-likeness (QED) is 0.243. The fourth-order valence-corrected chi connectivity index (χ4v) is 2.34. The zero-order valence-electron chi connectivity index (χ0n) is 14.8. The second kappa shape index (κ2) is 13.3. The van der Waals surface area contributed by atoms with Crippen LogP contribution in [0.3, 0.4) is 0 Å². The summed E-state index contributed by atoms with van der Waals surface area (Å²) in [6, 6.07) is 7.56. The lowest BCUT2D eigenvalue weighted by molar-refractivity contribution is -0.121. The Hall–Kier alpha value is -2.10. The van der Waals surface area contributed by atoms with Crippen molar-refractivity contribution < 1.29 is 9.53 Å². The summed E-state index contributed by atoms with van der Waals surface area (Å²) in [7, 11) is 0. The molecule has 1 amide bonds. The number of nitrogens with zero attached hydrogens (tertiary/aromatic N) is 1. The summed E-state index contributed by atoms with van der Waals surface area (Å²) in [6.07, 6.45) is 12.2. The third-order valence-electron chi connectivity index (χ3n) is 3.68. The highest BCUT2D eigenvalue weighted by molar-refractivity contribution is 5.85. The molecule has 4 nitrogen and oxygen atoms in total. The maximum atomic E-state index is 11.8. The largest absolute Gasteiger partial charge is 0.489 e. The molecule has 0 saturated carbocycles. The molecule has 1 N–H and O–H groups in total. The van der Waals surface area contributed by atoms with Crippen molar-refractivity contribution in [3.63, 3.8) is 0 Å². The number of hydrogen-bond donors (Lipinski definition) is 1. The van der Waals surface area contributed by atoms with Crippen molar-refractivity contribution in [1.29, 1.82) is 0 Å². The van der Waals surface area contributed by atoms with Crippen molar-refractivity contribution in [2.24, 2.45) is 5.10 Å². The highest BCUT2D eigenvalue weighted by Crippen LogP contribution is 2.15. The summed E-state index contributed by atoms with van der Waals surface area (Å²) in [5, 5.41) is 4.02. The smallest absolute Gasteiger partial charge is 0.240 e. The lowest BCUT2D eigenvalue weighted by atomic mass is 10.1. The van der Waals surface area contributed by atoms with Gasteiger partial charge in [-0.3, -0.25) is 4.79 Å². The van der Waals surface area contributed by atoms with Crippen LogP contribution in [0.1, 0.15) is 63.9 Å². The molecule has 0 aliphatic rings.